The lowest BCUT2D eigenvalue weighted by atomic mass is 10.3. The Hall–Kier alpha value is -2.11. The maximum atomic E-state index is 10.5. The van der Waals surface area contributed by atoms with Crippen molar-refractivity contribution in [1.82, 2.24) is 10.3 Å². The van der Waals surface area contributed by atoms with Crippen LogP contribution >= 0.6 is 0 Å². The van der Waals surface area contributed by atoms with Crippen LogP contribution < -0.4 is 11.1 Å². The molecule has 6 heteroatoms. The molecule has 0 radical (unpaired) electrons. The molecule has 13 heavy (non-hydrogen) atoms. The lowest BCUT2D eigenvalue weighted by Crippen LogP contribution is -2.19. The fraction of sp³-hybridized carbons (Fsp3) is 0. The van der Waals surface area contributed by atoms with Gasteiger partial charge in [0.1, 0.15) is 11.0 Å². The summed E-state index contributed by atoms with van der Waals surface area (Å²) in [6, 6.07) is 4.35. The van der Waals surface area contributed by atoms with Crippen molar-refractivity contribution in [3.63, 3.8) is 0 Å². The number of hydrogen-bond donors (Lipinski definition) is 2. The molecule has 0 saturated carbocycles. The summed E-state index contributed by atoms with van der Waals surface area (Å²) in [5.41, 5.74) is 6.71. The molecule has 66 valence electrons. The molecular weight excluding hydrogens is 172 g/mol. The molecule has 1 heterocycles. The third-order valence-corrected chi connectivity index (χ3v) is 1.52. The summed E-state index contributed by atoms with van der Waals surface area (Å²) >= 11 is 0. The molecular formula is C7H6N4O2. The summed E-state index contributed by atoms with van der Waals surface area (Å²) in [6.07, 6.45) is 0. The minimum atomic E-state index is -0.615. The Kier molecular flexibility index (Phi) is 1.59. The van der Waals surface area contributed by atoms with Gasteiger partial charge in [-0.15, -0.1) is 0 Å². The van der Waals surface area contributed by atoms with Gasteiger partial charge in [0.05, 0.1) is 0 Å². The van der Waals surface area contributed by atoms with Crippen LogP contribution in [-0.2, 0) is 0 Å². The molecule has 3 N–H and O–H groups in total. The second-order valence-electron chi connectivity index (χ2n) is 2.46. The first-order chi connectivity index (χ1) is 6.25. The third kappa shape index (κ3) is 1.41. The molecule has 1 aromatic heterocycles. The predicted molar refractivity (Wildman–Crippen MR) is 45.0 cm³/mol. The summed E-state index contributed by atoms with van der Waals surface area (Å²) in [7, 11) is 0. The van der Waals surface area contributed by atoms with Gasteiger partial charge in [0.15, 0.2) is 0 Å². The van der Waals surface area contributed by atoms with Gasteiger partial charge in [-0.25, -0.2) is 9.42 Å². The number of nitrogens with two attached hydrogens (primary N) is 1. The summed E-state index contributed by atoms with van der Waals surface area (Å²) in [5, 5.41) is 9.63. The smallest absolute Gasteiger partial charge is 0.316 e. The maximum absolute atomic E-state index is 10.5. The summed E-state index contributed by atoms with van der Waals surface area (Å²) in [5.74, 6) is 0. The van der Waals surface area contributed by atoms with Crippen molar-refractivity contribution < 1.29 is 9.42 Å². The highest BCUT2D eigenvalue weighted by atomic mass is 16.6. The molecule has 0 aliphatic carbocycles. The first-order valence-electron chi connectivity index (χ1n) is 3.54. The van der Waals surface area contributed by atoms with E-state index in [-0.39, 0.29) is 0 Å². The Morgan fingerprint density at radius 3 is 2.92 bits per heavy atom. The molecule has 6 nitrogen and oxygen atoms in total. The lowest BCUT2D eigenvalue weighted by molar-refractivity contribution is 0.259. The van der Waals surface area contributed by atoms with Gasteiger partial charge in [0.25, 0.3) is 0 Å². The normalized spacial score (nSPS) is 10.2. The Balaban J connectivity index is 2.42. The van der Waals surface area contributed by atoms with Crippen LogP contribution in [0.5, 0.6) is 0 Å². The van der Waals surface area contributed by atoms with E-state index in [0.717, 1.165) is 0 Å². The molecule has 2 rings (SSSR count). The van der Waals surface area contributed by atoms with Gasteiger partial charge in [-0.3, -0.25) is 0 Å². The molecule has 0 aliphatic heterocycles. The standard InChI is InChI=1S/C7H6N4O2/c8-7(12)9-4-1-2-5-6(3-4)11-13-10-5/h1-3H,(H3,8,9,12). The Morgan fingerprint density at radius 2 is 2.15 bits per heavy atom. The van der Waals surface area contributed by atoms with Crippen LogP contribution in [0, 0.1) is 0 Å². The van der Waals surface area contributed by atoms with Crippen LogP contribution in [0.4, 0.5) is 10.5 Å². The molecule has 0 spiro atoms. The molecule has 2 amide bonds. The third-order valence-electron chi connectivity index (χ3n) is 1.52. The second-order valence-corrected chi connectivity index (χ2v) is 2.46. The summed E-state index contributed by atoms with van der Waals surface area (Å²) < 4.78 is 4.48. The number of fused-ring (bicyclic) bond motifs is 1. The molecule has 0 atom stereocenters. The molecule has 1 aromatic carbocycles. The number of urea groups is 1. The van der Waals surface area contributed by atoms with E-state index < -0.39 is 6.03 Å². The SMILES string of the molecule is NC(=O)Nc1ccc2nonc2c1. The monoisotopic (exact) mass is 178 g/mol. The van der Waals surface area contributed by atoms with E-state index >= 15 is 0 Å². The number of nitrogens with one attached hydrogen (secondary N) is 1. The lowest BCUT2D eigenvalue weighted by Gasteiger charge is -1.98. The average molecular weight is 178 g/mol. The van der Waals surface area contributed by atoms with Crippen molar-refractivity contribution in [3.8, 4) is 0 Å². The Bertz CT molecular complexity index is 450. The number of amides is 2. The zero-order valence-corrected chi connectivity index (χ0v) is 6.52. The molecule has 2 aromatic rings. The van der Waals surface area contributed by atoms with Crippen LogP contribution in [0.15, 0.2) is 22.8 Å². The number of primary amides is 1. The van der Waals surface area contributed by atoms with E-state index in [1.54, 1.807) is 18.2 Å². The second kappa shape index (κ2) is 2.74. The number of aromatic nitrogens is 2. The van der Waals surface area contributed by atoms with Crippen LogP contribution in [0.25, 0.3) is 11.0 Å². The van der Waals surface area contributed by atoms with E-state index in [4.69, 9.17) is 5.73 Å². The first-order valence-corrected chi connectivity index (χ1v) is 3.54. The highest BCUT2D eigenvalue weighted by Crippen LogP contribution is 2.14. The Labute approximate surface area is 72.7 Å². The van der Waals surface area contributed by atoms with Gasteiger partial charge >= 0.3 is 6.03 Å². The molecule has 0 bridgehead atoms. The van der Waals surface area contributed by atoms with Gasteiger partial charge < -0.3 is 11.1 Å². The van der Waals surface area contributed by atoms with Gasteiger partial charge in [0, 0.05) is 5.69 Å². The minimum Gasteiger partial charge on any atom is -0.351 e. The molecule has 0 fully saturated rings. The van der Waals surface area contributed by atoms with Crippen molar-refractivity contribution in [1.29, 1.82) is 0 Å². The van der Waals surface area contributed by atoms with Gasteiger partial charge in [-0.05, 0) is 28.5 Å². The quantitative estimate of drug-likeness (QED) is 0.672. The molecule has 0 saturated heterocycles. The minimum absolute atomic E-state index is 0.565. The fourth-order valence-electron chi connectivity index (χ4n) is 1.00. The Morgan fingerprint density at radius 1 is 1.38 bits per heavy atom. The summed E-state index contributed by atoms with van der Waals surface area (Å²) in [4.78, 5) is 10.5. The molecule has 0 aliphatic rings. The van der Waals surface area contributed by atoms with E-state index in [0.29, 0.717) is 16.7 Å². The van der Waals surface area contributed by atoms with Crippen molar-refractivity contribution in [2.45, 2.75) is 0 Å². The number of carbonyl (C=O) groups is 1. The van der Waals surface area contributed by atoms with Crippen LogP contribution in [0.1, 0.15) is 0 Å². The zero-order chi connectivity index (χ0) is 9.26. The van der Waals surface area contributed by atoms with E-state index in [1.165, 1.54) is 0 Å². The highest BCUT2D eigenvalue weighted by molar-refractivity contribution is 5.90. The van der Waals surface area contributed by atoms with E-state index in [9.17, 15) is 4.79 Å². The van der Waals surface area contributed by atoms with Gasteiger partial charge in [-0.1, -0.05) is 0 Å². The number of rotatable bonds is 1. The van der Waals surface area contributed by atoms with Crippen molar-refractivity contribution in [2.75, 3.05) is 5.32 Å². The number of anilines is 1. The summed E-state index contributed by atoms with van der Waals surface area (Å²) in [6.45, 7) is 0. The van der Waals surface area contributed by atoms with E-state index in [1.807, 2.05) is 0 Å². The number of benzene rings is 1. The average Bonchev–Trinajstić information content (AvgIpc) is 2.49. The largest absolute Gasteiger partial charge is 0.351 e. The van der Waals surface area contributed by atoms with Gasteiger partial charge in [-0.2, -0.15) is 0 Å². The molecule has 0 unspecified atom stereocenters. The topological polar surface area (TPSA) is 94.0 Å². The van der Waals surface area contributed by atoms with Crippen molar-refractivity contribution >= 4 is 22.8 Å². The highest BCUT2D eigenvalue weighted by Gasteiger charge is 2.01. The number of carbonyl (C=O) groups excluding carboxylic acids is 1. The number of hydrogen-bond acceptors (Lipinski definition) is 4. The number of nitrogens with zero attached hydrogens (tertiary/aromatic N) is 2. The zero-order valence-electron chi connectivity index (χ0n) is 6.52. The van der Waals surface area contributed by atoms with Gasteiger partial charge in [0.2, 0.25) is 0 Å². The van der Waals surface area contributed by atoms with E-state index in [2.05, 4.69) is 20.3 Å². The van der Waals surface area contributed by atoms with Crippen molar-refractivity contribution in [2.24, 2.45) is 5.73 Å². The first kappa shape index (κ1) is 7.53. The van der Waals surface area contributed by atoms with Crippen LogP contribution in [-0.4, -0.2) is 16.3 Å². The van der Waals surface area contributed by atoms with Crippen molar-refractivity contribution in [3.05, 3.63) is 18.2 Å². The fourth-order valence-corrected chi connectivity index (χ4v) is 1.00. The van der Waals surface area contributed by atoms with Crippen LogP contribution in [0.3, 0.4) is 0 Å². The van der Waals surface area contributed by atoms with Crippen LogP contribution in [0.2, 0.25) is 0 Å². The maximum Gasteiger partial charge on any atom is 0.316 e. The predicted octanol–water partition coefficient (Wildman–Crippen LogP) is 0.713.